The van der Waals surface area contributed by atoms with Gasteiger partial charge in [0, 0.05) is 26.2 Å². The summed E-state index contributed by atoms with van der Waals surface area (Å²) in [5, 5.41) is 2.78. The molecule has 0 aromatic carbocycles. The fraction of sp³-hybridized carbons (Fsp3) is 0.857. The van der Waals surface area contributed by atoms with E-state index in [9.17, 15) is 9.59 Å². The van der Waals surface area contributed by atoms with E-state index in [0.29, 0.717) is 25.7 Å². The highest BCUT2D eigenvalue weighted by molar-refractivity contribution is 5.85. The predicted octanol–water partition coefficient (Wildman–Crippen LogP) is 0.206. The summed E-state index contributed by atoms with van der Waals surface area (Å²) in [4.78, 5) is 27.4. The van der Waals surface area contributed by atoms with Gasteiger partial charge in [0.15, 0.2) is 0 Å². The van der Waals surface area contributed by atoms with E-state index in [4.69, 9.17) is 5.73 Å². The maximum atomic E-state index is 12.1. The number of nitrogens with one attached hydrogen (secondary N) is 1. The molecule has 1 saturated heterocycles. The highest BCUT2D eigenvalue weighted by Gasteiger charge is 2.24. The molecule has 0 aliphatic carbocycles. The van der Waals surface area contributed by atoms with Gasteiger partial charge in [-0.3, -0.25) is 14.5 Å². The fourth-order valence-electron chi connectivity index (χ4n) is 2.45. The van der Waals surface area contributed by atoms with Crippen LogP contribution in [-0.4, -0.2) is 67.4 Å². The first-order valence-corrected chi connectivity index (χ1v) is 7.53. The van der Waals surface area contributed by atoms with Crippen molar-refractivity contribution in [1.82, 2.24) is 15.1 Å². The Kier molecular flexibility index (Phi) is 10.4. The summed E-state index contributed by atoms with van der Waals surface area (Å²) >= 11 is 0. The molecule has 3 N–H and O–H groups in total. The number of nitrogens with two attached hydrogens (primary N) is 1. The number of rotatable bonds is 7. The average molecular weight is 321 g/mol. The molecule has 0 bridgehead atoms. The Morgan fingerprint density at radius 2 is 2.10 bits per heavy atom. The summed E-state index contributed by atoms with van der Waals surface area (Å²) in [6.45, 7) is 4.65. The van der Waals surface area contributed by atoms with Crippen molar-refractivity contribution >= 4 is 24.2 Å². The van der Waals surface area contributed by atoms with Crippen LogP contribution in [0.2, 0.25) is 0 Å². The molecular formula is C14H29ClN4O2. The zero-order valence-corrected chi connectivity index (χ0v) is 14.0. The largest absolute Gasteiger partial charge is 0.355 e. The number of likely N-dealkylation sites (tertiary alicyclic amines) is 1. The van der Waals surface area contributed by atoms with Crippen molar-refractivity contribution in [1.29, 1.82) is 0 Å². The lowest BCUT2D eigenvalue weighted by atomic mass is 10.0. The quantitative estimate of drug-likeness (QED) is 0.702. The molecule has 1 rings (SSSR count). The highest BCUT2D eigenvalue weighted by atomic mass is 35.5. The van der Waals surface area contributed by atoms with E-state index in [-0.39, 0.29) is 30.8 Å². The van der Waals surface area contributed by atoms with Crippen molar-refractivity contribution in [3.63, 3.8) is 0 Å². The van der Waals surface area contributed by atoms with Crippen molar-refractivity contribution < 1.29 is 9.59 Å². The lowest BCUT2D eigenvalue weighted by Crippen LogP contribution is -2.50. The molecule has 1 heterocycles. The van der Waals surface area contributed by atoms with Crippen molar-refractivity contribution in [2.24, 2.45) is 5.73 Å². The molecule has 1 atom stereocenters. The zero-order chi connectivity index (χ0) is 15.0. The number of carbonyl (C=O) groups excluding carboxylic acids is 2. The summed E-state index contributed by atoms with van der Waals surface area (Å²) in [5.41, 5.74) is 5.75. The highest BCUT2D eigenvalue weighted by Crippen LogP contribution is 2.15. The number of nitrogens with zero attached hydrogens (tertiary/aromatic N) is 2. The maximum absolute atomic E-state index is 12.1. The first-order valence-electron chi connectivity index (χ1n) is 7.53. The van der Waals surface area contributed by atoms with Crippen LogP contribution >= 0.6 is 12.4 Å². The molecule has 2 amide bonds. The van der Waals surface area contributed by atoms with Gasteiger partial charge in [-0.25, -0.2) is 0 Å². The molecule has 0 saturated carbocycles. The third-order valence-electron chi connectivity index (χ3n) is 3.74. The van der Waals surface area contributed by atoms with Crippen molar-refractivity contribution in [2.45, 2.75) is 38.6 Å². The number of piperidine rings is 1. The number of amides is 2. The number of hydrogen-bond donors (Lipinski definition) is 2. The van der Waals surface area contributed by atoms with Crippen LogP contribution in [0.5, 0.6) is 0 Å². The van der Waals surface area contributed by atoms with E-state index in [1.165, 1.54) is 11.3 Å². The van der Waals surface area contributed by atoms with Crippen LogP contribution < -0.4 is 11.1 Å². The normalized spacial score (nSPS) is 18.7. The van der Waals surface area contributed by atoms with Crippen LogP contribution in [0.4, 0.5) is 0 Å². The SMILES string of the molecule is CCCNC(=O)CN(C)C(=O)CN1CCCCC1CN.Cl. The lowest BCUT2D eigenvalue weighted by Gasteiger charge is -2.35. The predicted molar refractivity (Wildman–Crippen MR) is 86.5 cm³/mol. The summed E-state index contributed by atoms with van der Waals surface area (Å²) in [6, 6.07) is 0.301. The van der Waals surface area contributed by atoms with E-state index in [2.05, 4.69) is 10.2 Å². The van der Waals surface area contributed by atoms with Gasteiger partial charge < -0.3 is 16.0 Å². The Hall–Kier alpha value is -0.850. The van der Waals surface area contributed by atoms with Crippen molar-refractivity contribution in [3.05, 3.63) is 0 Å². The fourth-order valence-corrected chi connectivity index (χ4v) is 2.45. The minimum atomic E-state index is -0.100. The van der Waals surface area contributed by atoms with Crippen LogP contribution in [0.3, 0.4) is 0 Å². The zero-order valence-electron chi connectivity index (χ0n) is 13.1. The van der Waals surface area contributed by atoms with E-state index >= 15 is 0 Å². The Bertz CT molecular complexity index is 328. The van der Waals surface area contributed by atoms with Crippen molar-refractivity contribution in [3.8, 4) is 0 Å². The van der Waals surface area contributed by atoms with Gasteiger partial charge in [0.2, 0.25) is 11.8 Å². The van der Waals surface area contributed by atoms with Crippen LogP contribution in [0, 0.1) is 0 Å². The summed E-state index contributed by atoms with van der Waals surface area (Å²) in [5.74, 6) is -0.117. The van der Waals surface area contributed by atoms with Gasteiger partial charge in [-0.1, -0.05) is 13.3 Å². The van der Waals surface area contributed by atoms with Crippen LogP contribution in [-0.2, 0) is 9.59 Å². The molecule has 7 heteroatoms. The molecule has 0 spiro atoms. The van der Waals surface area contributed by atoms with E-state index in [0.717, 1.165) is 25.8 Å². The van der Waals surface area contributed by atoms with E-state index in [1.807, 2.05) is 6.92 Å². The molecule has 21 heavy (non-hydrogen) atoms. The van der Waals surface area contributed by atoms with Gasteiger partial charge >= 0.3 is 0 Å². The van der Waals surface area contributed by atoms with Crippen LogP contribution in [0.25, 0.3) is 0 Å². The molecule has 0 aromatic heterocycles. The standard InChI is InChI=1S/C14H28N4O2.ClH/c1-3-7-16-13(19)10-17(2)14(20)11-18-8-5-4-6-12(18)9-15;/h12H,3-11,15H2,1-2H3,(H,16,19);1H. The Morgan fingerprint density at radius 3 is 2.71 bits per heavy atom. The minimum absolute atomic E-state index is 0. The van der Waals surface area contributed by atoms with Gasteiger partial charge in [-0.05, 0) is 25.8 Å². The second kappa shape index (κ2) is 10.8. The Labute approximate surface area is 133 Å². The summed E-state index contributed by atoms with van der Waals surface area (Å²) in [6.07, 6.45) is 4.26. The topological polar surface area (TPSA) is 78.7 Å². The van der Waals surface area contributed by atoms with Gasteiger partial charge in [-0.15, -0.1) is 12.4 Å². The minimum Gasteiger partial charge on any atom is -0.355 e. The first kappa shape index (κ1) is 20.1. The van der Waals surface area contributed by atoms with Crippen LogP contribution in [0.15, 0.2) is 0 Å². The van der Waals surface area contributed by atoms with Gasteiger partial charge in [0.05, 0.1) is 13.1 Å². The molecule has 124 valence electrons. The van der Waals surface area contributed by atoms with Crippen molar-refractivity contribution in [2.75, 3.05) is 39.8 Å². The number of hydrogen-bond acceptors (Lipinski definition) is 4. The molecule has 1 unspecified atom stereocenters. The maximum Gasteiger partial charge on any atom is 0.239 e. The number of carbonyl (C=O) groups is 2. The summed E-state index contributed by atoms with van der Waals surface area (Å²) in [7, 11) is 1.68. The molecule has 1 aliphatic rings. The van der Waals surface area contributed by atoms with E-state index < -0.39 is 0 Å². The summed E-state index contributed by atoms with van der Waals surface area (Å²) < 4.78 is 0. The molecule has 1 fully saturated rings. The third-order valence-corrected chi connectivity index (χ3v) is 3.74. The average Bonchev–Trinajstić information content (AvgIpc) is 2.45. The van der Waals surface area contributed by atoms with Gasteiger partial charge in [-0.2, -0.15) is 0 Å². The second-order valence-electron chi connectivity index (χ2n) is 5.46. The Balaban J connectivity index is 0.00000400. The molecule has 0 radical (unpaired) electrons. The third kappa shape index (κ3) is 7.11. The van der Waals surface area contributed by atoms with Crippen LogP contribution in [0.1, 0.15) is 32.6 Å². The monoisotopic (exact) mass is 320 g/mol. The van der Waals surface area contributed by atoms with E-state index in [1.54, 1.807) is 7.05 Å². The molecule has 0 aromatic rings. The first-order chi connectivity index (χ1) is 9.58. The lowest BCUT2D eigenvalue weighted by molar-refractivity contribution is -0.136. The molecule has 6 nitrogen and oxygen atoms in total. The Morgan fingerprint density at radius 1 is 1.38 bits per heavy atom. The smallest absolute Gasteiger partial charge is 0.239 e. The number of halogens is 1. The van der Waals surface area contributed by atoms with Gasteiger partial charge in [0.1, 0.15) is 0 Å². The molecular weight excluding hydrogens is 292 g/mol. The molecule has 1 aliphatic heterocycles. The van der Waals surface area contributed by atoms with Gasteiger partial charge in [0.25, 0.3) is 0 Å². The second-order valence-corrected chi connectivity index (χ2v) is 5.46. The number of likely N-dealkylation sites (N-methyl/N-ethyl adjacent to an activating group) is 1.